The highest BCUT2D eigenvalue weighted by molar-refractivity contribution is 9.09. The molecule has 0 aromatic heterocycles. The molecule has 2 rings (SSSR count). The third-order valence-corrected chi connectivity index (χ3v) is 5.08. The van der Waals surface area contributed by atoms with E-state index in [4.69, 9.17) is 0 Å². The standard InChI is InChI=1S/C15H26BrNO/c1-12(16)11-13-7-3-6-10-17(13)14(18)15(2)8-4-5-9-15/h12-13H,3-11H2,1-2H3. The first-order valence-electron chi connectivity index (χ1n) is 7.48. The van der Waals surface area contributed by atoms with E-state index in [0.29, 0.717) is 16.8 Å². The Balaban J connectivity index is 2.05. The van der Waals surface area contributed by atoms with Gasteiger partial charge in [-0.05, 0) is 38.5 Å². The minimum Gasteiger partial charge on any atom is -0.339 e. The second-order valence-electron chi connectivity index (χ2n) is 6.43. The summed E-state index contributed by atoms with van der Waals surface area (Å²) >= 11 is 3.65. The normalized spacial score (nSPS) is 29.3. The number of piperidine rings is 1. The van der Waals surface area contributed by atoms with Crippen LogP contribution in [0.25, 0.3) is 0 Å². The van der Waals surface area contributed by atoms with E-state index in [-0.39, 0.29) is 5.41 Å². The van der Waals surface area contributed by atoms with Crippen LogP contribution in [-0.4, -0.2) is 28.2 Å². The van der Waals surface area contributed by atoms with Crippen molar-refractivity contribution in [2.45, 2.75) is 76.1 Å². The highest BCUT2D eigenvalue weighted by atomic mass is 79.9. The van der Waals surface area contributed by atoms with Crippen LogP contribution in [-0.2, 0) is 4.79 Å². The molecule has 18 heavy (non-hydrogen) atoms. The molecular weight excluding hydrogens is 290 g/mol. The van der Waals surface area contributed by atoms with Crippen molar-refractivity contribution in [3.8, 4) is 0 Å². The highest BCUT2D eigenvalue weighted by Crippen LogP contribution is 2.40. The first-order valence-corrected chi connectivity index (χ1v) is 8.40. The first kappa shape index (κ1) is 14.4. The van der Waals surface area contributed by atoms with Crippen LogP contribution in [0.3, 0.4) is 0 Å². The molecular formula is C15H26BrNO. The van der Waals surface area contributed by atoms with E-state index in [1.807, 2.05) is 0 Å². The smallest absolute Gasteiger partial charge is 0.228 e. The predicted molar refractivity (Wildman–Crippen MR) is 78.9 cm³/mol. The van der Waals surface area contributed by atoms with Gasteiger partial charge >= 0.3 is 0 Å². The molecule has 1 aliphatic heterocycles. The number of likely N-dealkylation sites (tertiary alicyclic amines) is 1. The third-order valence-electron chi connectivity index (χ3n) is 4.71. The molecule has 2 atom stereocenters. The third kappa shape index (κ3) is 3.09. The Hall–Kier alpha value is -0.0500. The maximum atomic E-state index is 12.8. The van der Waals surface area contributed by atoms with Gasteiger partial charge in [-0.3, -0.25) is 4.79 Å². The van der Waals surface area contributed by atoms with E-state index in [1.165, 1.54) is 32.1 Å². The number of alkyl halides is 1. The molecule has 1 saturated carbocycles. The Morgan fingerprint density at radius 1 is 1.33 bits per heavy atom. The van der Waals surface area contributed by atoms with Gasteiger partial charge in [0.05, 0.1) is 0 Å². The fourth-order valence-corrected chi connectivity index (χ4v) is 4.04. The summed E-state index contributed by atoms with van der Waals surface area (Å²) in [6, 6.07) is 0.470. The molecule has 1 saturated heterocycles. The van der Waals surface area contributed by atoms with Gasteiger partial charge in [0.2, 0.25) is 5.91 Å². The van der Waals surface area contributed by atoms with E-state index in [0.717, 1.165) is 25.8 Å². The Kier molecular flexibility index (Phi) is 4.74. The quantitative estimate of drug-likeness (QED) is 0.717. The van der Waals surface area contributed by atoms with Crippen molar-refractivity contribution in [3.63, 3.8) is 0 Å². The number of hydrogen-bond acceptors (Lipinski definition) is 1. The average molecular weight is 316 g/mol. The van der Waals surface area contributed by atoms with Gasteiger partial charge < -0.3 is 4.90 Å². The molecule has 2 aliphatic rings. The van der Waals surface area contributed by atoms with E-state index >= 15 is 0 Å². The molecule has 0 radical (unpaired) electrons. The summed E-state index contributed by atoms with van der Waals surface area (Å²) in [5, 5.41) is 0. The van der Waals surface area contributed by atoms with Crippen molar-refractivity contribution in [2.24, 2.45) is 5.41 Å². The van der Waals surface area contributed by atoms with Crippen molar-refractivity contribution in [1.82, 2.24) is 4.90 Å². The number of nitrogens with zero attached hydrogens (tertiary/aromatic N) is 1. The topological polar surface area (TPSA) is 20.3 Å². The van der Waals surface area contributed by atoms with Crippen LogP contribution in [0.1, 0.15) is 65.2 Å². The fraction of sp³-hybridized carbons (Fsp3) is 0.933. The van der Waals surface area contributed by atoms with Crippen LogP contribution in [0.2, 0.25) is 0 Å². The summed E-state index contributed by atoms with van der Waals surface area (Å²) in [6.45, 7) is 5.36. The number of halogens is 1. The lowest BCUT2D eigenvalue weighted by atomic mass is 9.85. The number of rotatable bonds is 3. The van der Waals surface area contributed by atoms with Crippen LogP contribution < -0.4 is 0 Å². The molecule has 2 fully saturated rings. The number of hydrogen-bond donors (Lipinski definition) is 0. The van der Waals surface area contributed by atoms with Gasteiger partial charge in [-0.2, -0.15) is 0 Å². The Morgan fingerprint density at radius 3 is 2.61 bits per heavy atom. The van der Waals surface area contributed by atoms with Gasteiger partial charge in [0.1, 0.15) is 0 Å². The first-order chi connectivity index (χ1) is 8.53. The van der Waals surface area contributed by atoms with Crippen molar-refractivity contribution < 1.29 is 4.79 Å². The predicted octanol–water partition coefficient (Wildman–Crippen LogP) is 4.12. The molecule has 0 bridgehead atoms. The molecule has 0 spiro atoms. The van der Waals surface area contributed by atoms with Crippen molar-refractivity contribution in [3.05, 3.63) is 0 Å². The molecule has 0 aromatic carbocycles. The molecule has 0 aromatic rings. The summed E-state index contributed by atoms with van der Waals surface area (Å²) in [7, 11) is 0. The molecule has 1 aliphatic carbocycles. The zero-order valence-electron chi connectivity index (χ0n) is 11.8. The van der Waals surface area contributed by atoms with E-state index in [2.05, 4.69) is 34.7 Å². The lowest BCUT2D eigenvalue weighted by Crippen LogP contribution is -2.49. The maximum absolute atomic E-state index is 12.8. The number of carbonyl (C=O) groups excluding carboxylic acids is 1. The van der Waals surface area contributed by atoms with Crippen molar-refractivity contribution in [1.29, 1.82) is 0 Å². The summed E-state index contributed by atoms with van der Waals surface area (Å²) in [4.78, 5) is 15.5. The second kappa shape index (κ2) is 5.94. The van der Waals surface area contributed by atoms with Crippen LogP contribution in [0.4, 0.5) is 0 Å². The largest absolute Gasteiger partial charge is 0.339 e. The van der Waals surface area contributed by atoms with Gasteiger partial charge in [-0.15, -0.1) is 0 Å². The van der Waals surface area contributed by atoms with Crippen LogP contribution >= 0.6 is 15.9 Å². The van der Waals surface area contributed by atoms with Crippen LogP contribution in [0.5, 0.6) is 0 Å². The van der Waals surface area contributed by atoms with Crippen molar-refractivity contribution >= 4 is 21.8 Å². The van der Waals surface area contributed by atoms with Gasteiger partial charge in [-0.1, -0.05) is 42.6 Å². The van der Waals surface area contributed by atoms with Crippen molar-refractivity contribution in [2.75, 3.05) is 6.54 Å². The number of carbonyl (C=O) groups is 1. The highest BCUT2D eigenvalue weighted by Gasteiger charge is 2.41. The SMILES string of the molecule is CC(Br)CC1CCCCN1C(=O)C1(C)CCCC1. The molecule has 3 heteroatoms. The molecule has 104 valence electrons. The Bertz CT molecular complexity index is 297. The maximum Gasteiger partial charge on any atom is 0.228 e. The monoisotopic (exact) mass is 315 g/mol. The lowest BCUT2D eigenvalue weighted by Gasteiger charge is -2.41. The molecule has 2 nitrogen and oxygen atoms in total. The van der Waals surface area contributed by atoms with Gasteiger partial charge in [0.25, 0.3) is 0 Å². The van der Waals surface area contributed by atoms with E-state index in [9.17, 15) is 4.79 Å². The zero-order chi connectivity index (χ0) is 13.2. The molecule has 0 N–H and O–H groups in total. The summed E-state index contributed by atoms with van der Waals surface area (Å²) in [6.07, 6.45) is 9.42. The second-order valence-corrected chi connectivity index (χ2v) is 8.00. The van der Waals surface area contributed by atoms with Gasteiger partial charge in [0, 0.05) is 22.8 Å². The van der Waals surface area contributed by atoms with Crippen LogP contribution in [0.15, 0.2) is 0 Å². The Labute approximate surface area is 120 Å². The lowest BCUT2D eigenvalue weighted by molar-refractivity contribution is -0.145. The summed E-state index contributed by atoms with van der Waals surface area (Å²) < 4.78 is 0. The van der Waals surface area contributed by atoms with E-state index < -0.39 is 0 Å². The van der Waals surface area contributed by atoms with Crippen LogP contribution in [0, 0.1) is 5.41 Å². The zero-order valence-corrected chi connectivity index (χ0v) is 13.3. The summed E-state index contributed by atoms with van der Waals surface area (Å²) in [5.41, 5.74) is -0.0505. The van der Waals surface area contributed by atoms with Gasteiger partial charge in [0.15, 0.2) is 0 Å². The average Bonchev–Trinajstić information content (AvgIpc) is 2.76. The minimum absolute atomic E-state index is 0.0505. The molecule has 2 unspecified atom stereocenters. The van der Waals surface area contributed by atoms with E-state index in [1.54, 1.807) is 0 Å². The molecule has 1 heterocycles. The Morgan fingerprint density at radius 2 is 2.00 bits per heavy atom. The summed E-state index contributed by atoms with van der Waals surface area (Å²) in [5.74, 6) is 0.442. The number of amides is 1. The molecule has 1 amide bonds. The van der Waals surface area contributed by atoms with Gasteiger partial charge in [-0.25, -0.2) is 0 Å². The fourth-order valence-electron chi connectivity index (χ4n) is 3.60. The minimum atomic E-state index is -0.0505.